The highest BCUT2D eigenvalue weighted by atomic mass is 32.2. The molecule has 0 saturated heterocycles. The normalized spacial score (nSPS) is 10.4. The van der Waals surface area contributed by atoms with E-state index >= 15 is 0 Å². The first kappa shape index (κ1) is 13.8. The third kappa shape index (κ3) is 4.87. The van der Waals surface area contributed by atoms with Crippen molar-refractivity contribution in [3.8, 4) is 5.75 Å². The molecule has 0 fully saturated rings. The smallest absolute Gasteiger partial charge is 0.121 e. The number of hydrogen-bond acceptors (Lipinski definition) is 3. The zero-order valence-corrected chi connectivity index (χ0v) is 12.0. The maximum absolute atomic E-state index is 5.69. The van der Waals surface area contributed by atoms with E-state index in [9.17, 15) is 0 Å². The molecule has 0 bridgehead atoms. The van der Waals surface area contributed by atoms with Crippen LogP contribution in [-0.2, 0) is 5.75 Å². The highest BCUT2D eigenvalue weighted by Crippen LogP contribution is 2.16. The summed E-state index contributed by atoms with van der Waals surface area (Å²) in [5.74, 6) is 2.85. The summed E-state index contributed by atoms with van der Waals surface area (Å²) in [5, 5.41) is 0. The number of aryl methyl sites for hydroxylation is 1. The molecule has 3 heteroatoms. The van der Waals surface area contributed by atoms with Crippen molar-refractivity contribution in [3.63, 3.8) is 0 Å². The van der Waals surface area contributed by atoms with Crippen LogP contribution < -0.4 is 10.5 Å². The molecule has 0 aliphatic rings. The van der Waals surface area contributed by atoms with Gasteiger partial charge in [-0.05, 0) is 24.6 Å². The van der Waals surface area contributed by atoms with E-state index < -0.39 is 0 Å². The molecule has 0 radical (unpaired) electrons. The summed E-state index contributed by atoms with van der Waals surface area (Å²) in [7, 11) is 0. The molecule has 0 saturated carbocycles. The number of anilines is 1. The molecule has 0 aliphatic heterocycles. The van der Waals surface area contributed by atoms with Crippen LogP contribution in [0.15, 0.2) is 48.5 Å². The van der Waals surface area contributed by atoms with Crippen molar-refractivity contribution in [1.29, 1.82) is 0 Å². The topological polar surface area (TPSA) is 35.2 Å². The third-order valence-electron chi connectivity index (χ3n) is 2.74. The van der Waals surface area contributed by atoms with Crippen LogP contribution in [0.1, 0.15) is 11.1 Å². The van der Waals surface area contributed by atoms with Gasteiger partial charge in [0.15, 0.2) is 0 Å². The maximum Gasteiger partial charge on any atom is 0.121 e. The summed E-state index contributed by atoms with van der Waals surface area (Å²) in [6, 6.07) is 16.2. The molecular weight excluding hydrogens is 254 g/mol. The van der Waals surface area contributed by atoms with Crippen LogP contribution in [0.4, 0.5) is 5.69 Å². The van der Waals surface area contributed by atoms with Crippen LogP contribution in [0.25, 0.3) is 0 Å². The van der Waals surface area contributed by atoms with Crippen LogP contribution in [0, 0.1) is 6.92 Å². The Kier molecular flexibility index (Phi) is 5.16. The summed E-state index contributed by atoms with van der Waals surface area (Å²) in [4.78, 5) is 0. The van der Waals surface area contributed by atoms with Gasteiger partial charge < -0.3 is 10.5 Å². The zero-order chi connectivity index (χ0) is 13.5. The quantitative estimate of drug-likeness (QED) is 0.640. The molecule has 100 valence electrons. The maximum atomic E-state index is 5.69. The van der Waals surface area contributed by atoms with Crippen molar-refractivity contribution >= 4 is 17.4 Å². The number of nitrogens with two attached hydrogens (primary N) is 1. The van der Waals surface area contributed by atoms with Crippen LogP contribution in [0.5, 0.6) is 5.75 Å². The summed E-state index contributed by atoms with van der Waals surface area (Å²) >= 11 is 1.88. The molecule has 2 aromatic carbocycles. The van der Waals surface area contributed by atoms with Crippen LogP contribution in [-0.4, -0.2) is 12.4 Å². The first-order valence-electron chi connectivity index (χ1n) is 6.36. The van der Waals surface area contributed by atoms with Gasteiger partial charge in [0, 0.05) is 23.3 Å². The summed E-state index contributed by atoms with van der Waals surface area (Å²) in [6.45, 7) is 2.82. The van der Waals surface area contributed by atoms with Crippen molar-refractivity contribution in [1.82, 2.24) is 0 Å². The molecule has 2 aromatic rings. The van der Waals surface area contributed by atoms with E-state index in [1.807, 2.05) is 36.0 Å². The van der Waals surface area contributed by atoms with Gasteiger partial charge in [-0.15, -0.1) is 0 Å². The molecule has 0 amide bonds. The second-order valence-electron chi connectivity index (χ2n) is 4.46. The van der Waals surface area contributed by atoms with Gasteiger partial charge in [-0.25, -0.2) is 0 Å². The standard InChI is InChI=1S/C16H19NOS/c1-13-5-7-14(8-6-13)12-19-10-9-18-16-4-2-3-15(17)11-16/h2-8,11H,9-10,12,17H2,1H3. The van der Waals surface area contributed by atoms with Crippen molar-refractivity contribution in [2.24, 2.45) is 0 Å². The van der Waals surface area contributed by atoms with E-state index in [1.165, 1.54) is 11.1 Å². The highest BCUT2D eigenvalue weighted by Gasteiger charge is 1.96. The molecule has 2 N–H and O–H groups in total. The Balaban J connectivity index is 1.66. The van der Waals surface area contributed by atoms with E-state index in [0.717, 1.165) is 22.9 Å². The lowest BCUT2D eigenvalue weighted by molar-refractivity contribution is 0.344. The van der Waals surface area contributed by atoms with Gasteiger partial charge in [-0.2, -0.15) is 11.8 Å². The number of hydrogen-bond donors (Lipinski definition) is 1. The van der Waals surface area contributed by atoms with Crippen LogP contribution >= 0.6 is 11.8 Å². The lowest BCUT2D eigenvalue weighted by atomic mass is 10.2. The summed E-state index contributed by atoms with van der Waals surface area (Å²) < 4.78 is 5.64. The molecule has 0 spiro atoms. The second kappa shape index (κ2) is 7.10. The van der Waals surface area contributed by atoms with Gasteiger partial charge in [0.05, 0.1) is 6.61 Å². The van der Waals surface area contributed by atoms with Crippen LogP contribution in [0.2, 0.25) is 0 Å². The minimum absolute atomic E-state index is 0.708. The molecule has 2 nitrogen and oxygen atoms in total. The monoisotopic (exact) mass is 273 g/mol. The predicted molar refractivity (Wildman–Crippen MR) is 83.7 cm³/mol. The SMILES string of the molecule is Cc1ccc(CSCCOc2cccc(N)c2)cc1. The van der Waals surface area contributed by atoms with Crippen molar-refractivity contribution in [2.45, 2.75) is 12.7 Å². The lowest BCUT2D eigenvalue weighted by Crippen LogP contribution is -2.00. The zero-order valence-electron chi connectivity index (χ0n) is 11.1. The number of thioether (sulfide) groups is 1. The number of ether oxygens (including phenoxy) is 1. The number of rotatable bonds is 6. The molecule has 0 unspecified atom stereocenters. The number of nitrogen functional groups attached to an aromatic ring is 1. The Hall–Kier alpha value is -1.61. The van der Waals surface area contributed by atoms with Crippen LogP contribution in [0.3, 0.4) is 0 Å². The minimum atomic E-state index is 0.708. The molecule has 0 heterocycles. The Morgan fingerprint density at radius 3 is 2.63 bits per heavy atom. The second-order valence-corrected chi connectivity index (χ2v) is 5.56. The van der Waals surface area contributed by atoms with E-state index in [1.54, 1.807) is 0 Å². The van der Waals surface area contributed by atoms with E-state index in [-0.39, 0.29) is 0 Å². The van der Waals surface area contributed by atoms with Crippen molar-refractivity contribution in [2.75, 3.05) is 18.1 Å². The third-order valence-corrected chi connectivity index (χ3v) is 3.74. The van der Waals surface area contributed by atoms with Gasteiger partial charge in [0.1, 0.15) is 5.75 Å². The molecule has 0 aliphatic carbocycles. The molecule has 0 atom stereocenters. The predicted octanol–water partition coefficient (Wildman–Crippen LogP) is 3.89. The lowest BCUT2D eigenvalue weighted by Gasteiger charge is -2.07. The van der Waals surface area contributed by atoms with Crippen molar-refractivity contribution in [3.05, 3.63) is 59.7 Å². The van der Waals surface area contributed by atoms with E-state index in [2.05, 4.69) is 31.2 Å². The molecular formula is C16H19NOS. The fourth-order valence-electron chi connectivity index (χ4n) is 1.70. The van der Waals surface area contributed by atoms with Gasteiger partial charge in [-0.3, -0.25) is 0 Å². The Morgan fingerprint density at radius 1 is 1.11 bits per heavy atom. The van der Waals surface area contributed by atoms with Gasteiger partial charge in [0.25, 0.3) is 0 Å². The summed E-state index contributed by atoms with van der Waals surface area (Å²) in [6.07, 6.45) is 0. The fourth-order valence-corrected chi connectivity index (χ4v) is 2.47. The first-order valence-corrected chi connectivity index (χ1v) is 7.51. The minimum Gasteiger partial charge on any atom is -0.493 e. The van der Waals surface area contributed by atoms with Gasteiger partial charge in [-0.1, -0.05) is 35.9 Å². The first-order chi connectivity index (χ1) is 9.24. The summed E-state index contributed by atoms with van der Waals surface area (Å²) in [5.41, 5.74) is 9.10. The average molecular weight is 273 g/mol. The van der Waals surface area contributed by atoms with Crippen molar-refractivity contribution < 1.29 is 4.74 Å². The Bertz CT molecular complexity index is 510. The van der Waals surface area contributed by atoms with Gasteiger partial charge in [0.2, 0.25) is 0 Å². The molecule has 19 heavy (non-hydrogen) atoms. The van der Waals surface area contributed by atoms with E-state index in [0.29, 0.717) is 6.61 Å². The number of benzene rings is 2. The molecule has 0 aromatic heterocycles. The van der Waals surface area contributed by atoms with E-state index in [4.69, 9.17) is 10.5 Å². The highest BCUT2D eigenvalue weighted by molar-refractivity contribution is 7.98. The Morgan fingerprint density at radius 2 is 1.89 bits per heavy atom. The average Bonchev–Trinajstić information content (AvgIpc) is 2.41. The fraction of sp³-hybridized carbons (Fsp3) is 0.250. The van der Waals surface area contributed by atoms with Gasteiger partial charge >= 0.3 is 0 Å². The molecule has 2 rings (SSSR count). The largest absolute Gasteiger partial charge is 0.493 e. The Labute approximate surface area is 119 Å².